The monoisotopic (exact) mass is 270 g/mol. The predicted octanol–water partition coefficient (Wildman–Crippen LogP) is 4.09. The highest BCUT2D eigenvalue weighted by Gasteiger charge is 2.53. The average molecular weight is 270 g/mol. The second kappa shape index (κ2) is 4.60. The minimum atomic E-state index is -1.70. The van der Waals surface area contributed by atoms with Gasteiger partial charge in [-0.3, -0.25) is 0 Å². The fraction of sp³-hybridized carbons (Fsp3) is 1.00. The Morgan fingerprint density at radius 1 is 1.11 bits per heavy atom. The molecule has 0 amide bonds. The summed E-state index contributed by atoms with van der Waals surface area (Å²) in [6, 6.07) is 0. The summed E-state index contributed by atoms with van der Waals surface area (Å²) in [5, 5.41) is 10.6. The second-order valence-corrected chi connectivity index (χ2v) is 12.7. The Hall–Kier alpha value is 0.137. The third kappa shape index (κ3) is 2.30. The maximum absolute atomic E-state index is 10.4. The summed E-state index contributed by atoms with van der Waals surface area (Å²) in [7, 11) is -1.70. The van der Waals surface area contributed by atoms with Gasteiger partial charge in [-0.05, 0) is 43.8 Å². The standard InChI is InChI=1S/C15H30O2Si/c1-14(2,3)18(4,5)17-13-9-7-11-15(13)10-6-8-12(15)16/h12-13,16H,6-11H2,1-5H3/t12-,13-,15-/m1/s1. The van der Waals surface area contributed by atoms with Crippen molar-refractivity contribution in [2.45, 2.75) is 89.6 Å². The molecular formula is C15H30O2Si. The lowest BCUT2D eigenvalue weighted by molar-refractivity contribution is -0.0237. The van der Waals surface area contributed by atoms with Crippen molar-refractivity contribution >= 4 is 8.32 Å². The van der Waals surface area contributed by atoms with Crippen LogP contribution in [0.3, 0.4) is 0 Å². The molecule has 0 aromatic rings. The predicted molar refractivity (Wildman–Crippen MR) is 78.2 cm³/mol. The van der Waals surface area contributed by atoms with Crippen molar-refractivity contribution < 1.29 is 9.53 Å². The van der Waals surface area contributed by atoms with E-state index in [9.17, 15) is 5.11 Å². The summed E-state index contributed by atoms with van der Waals surface area (Å²) in [5.74, 6) is 0. The summed E-state index contributed by atoms with van der Waals surface area (Å²) >= 11 is 0. The van der Waals surface area contributed by atoms with Gasteiger partial charge in [-0.2, -0.15) is 0 Å². The Labute approximate surface area is 113 Å². The molecular weight excluding hydrogens is 240 g/mol. The normalized spacial score (nSPS) is 37.7. The van der Waals surface area contributed by atoms with Crippen molar-refractivity contribution in [2.75, 3.05) is 0 Å². The van der Waals surface area contributed by atoms with E-state index in [1.54, 1.807) is 0 Å². The first-order valence-corrected chi connectivity index (χ1v) is 10.5. The van der Waals surface area contributed by atoms with Gasteiger partial charge >= 0.3 is 0 Å². The fourth-order valence-corrected chi connectivity index (χ4v) is 4.94. The van der Waals surface area contributed by atoms with E-state index in [4.69, 9.17) is 4.43 Å². The molecule has 2 aliphatic rings. The lowest BCUT2D eigenvalue weighted by Crippen LogP contribution is -2.49. The van der Waals surface area contributed by atoms with Crippen LogP contribution in [0, 0.1) is 5.41 Å². The lowest BCUT2D eigenvalue weighted by atomic mass is 9.80. The van der Waals surface area contributed by atoms with E-state index in [1.165, 1.54) is 25.7 Å². The van der Waals surface area contributed by atoms with Gasteiger partial charge in [0.05, 0.1) is 12.2 Å². The topological polar surface area (TPSA) is 29.5 Å². The number of aliphatic hydroxyl groups is 1. The lowest BCUT2D eigenvalue weighted by Gasteiger charge is -2.44. The van der Waals surface area contributed by atoms with Crippen molar-refractivity contribution in [1.82, 2.24) is 0 Å². The van der Waals surface area contributed by atoms with Gasteiger partial charge in [0.1, 0.15) is 0 Å². The zero-order valence-electron chi connectivity index (χ0n) is 12.8. The first-order valence-electron chi connectivity index (χ1n) is 7.55. The van der Waals surface area contributed by atoms with Crippen molar-refractivity contribution in [3.63, 3.8) is 0 Å². The van der Waals surface area contributed by atoms with Crippen LogP contribution in [0.2, 0.25) is 18.1 Å². The van der Waals surface area contributed by atoms with E-state index < -0.39 is 8.32 Å². The molecule has 2 rings (SSSR count). The highest BCUT2D eigenvalue weighted by atomic mass is 28.4. The molecule has 2 fully saturated rings. The Bertz CT molecular complexity index is 304. The first-order chi connectivity index (χ1) is 8.19. The quantitative estimate of drug-likeness (QED) is 0.766. The van der Waals surface area contributed by atoms with Crippen LogP contribution in [-0.2, 0) is 4.43 Å². The van der Waals surface area contributed by atoms with Crippen LogP contribution >= 0.6 is 0 Å². The number of aliphatic hydroxyl groups excluding tert-OH is 1. The van der Waals surface area contributed by atoms with E-state index in [0.29, 0.717) is 6.10 Å². The van der Waals surface area contributed by atoms with Crippen LogP contribution < -0.4 is 0 Å². The molecule has 1 spiro atoms. The largest absolute Gasteiger partial charge is 0.413 e. The van der Waals surface area contributed by atoms with Crippen LogP contribution in [0.15, 0.2) is 0 Å². The average Bonchev–Trinajstić information content (AvgIpc) is 2.76. The molecule has 0 saturated heterocycles. The maximum atomic E-state index is 10.4. The van der Waals surface area contributed by atoms with Crippen molar-refractivity contribution in [3.05, 3.63) is 0 Å². The van der Waals surface area contributed by atoms with E-state index >= 15 is 0 Å². The third-order valence-electron chi connectivity index (χ3n) is 5.78. The summed E-state index contributed by atoms with van der Waals surface area (Å²) in [6.07, 6.45) is 7.10. The highest BCUT2D eigenvalue weighted by Crippen LogP contribution is 2.53. The molecule has 2 nitrogen and oxygen atoms in total. The Morgan fingerprint density at radius 2 is 1.67 bits per heavy atom. The number of hydrogen-bond acceptors (Lipinski definition) is 2. The first kappa shape index (κ1) is 14.5. The molecule has 0 heterocycles. The summed E-state index contributed by atoms with van der Waals surface area (Å²) in [4.78, 5) is 0. The zero-order valence-corrected chi connectivity index (χ0v) is 13.8. The Balaban J connectivity index is 2.14. The molecule has 1 N–H and O–H groups in total. The molecule has 0 aromatic carbocycles. The molecule has 0 unspecified atom stereocenters. The van der Waals surface area contributed by atoms with Gasteiger partial charge in [0, 0.05) is 5.41 Å². The summed E-state index contributed by atoms with van der Waals surface area (Å²) in [6.45, 7) is 11.6. The molecule has 0 aromatic heterocycles. The van der Waals surface area contributed by atoms with E-state index in [2.05, 4.69) is 33.9 Å². The van der Waals surface area contributed by atoms with Crippen LogP contribution in [-0.4, -0.2) is 25.6 Å². The molecule has 0 radical (unpaired) electrons. The molecule has 3 atom stereocenters. The van der Waals surface area contributed by atoms with Crippen LogP contribution in [0.25, 0.3) is 0 Å². The van der Waals surface area contributed by atoms with Gasteiger partial charge in [0.2, 0.25) is 0 Å². The minimum absolute atomic E-state index is 0.107. The number of rotatable bonds is 2. The molecule has 0 aliphatic heterocycles. The highest BCUT2D eigenvalue weighted by molar-refractivity contribution is 6.74. The van der Waals surface area contributed by atoms with Gasteiger partial charge < -0.3 is 9.53 Å². The maximum Gasteiger partial charge on any atom is 0.192 e. The van der Waals surface area contributed by atoms with Crippen LogP contribution in [0.1, 0.15) is 59.3 Å². The Morgan fingerprint density at radius 3 is 2.17 bits per heavy atom. The van der Waals surface area contributed by atoms with E-state index in [0.717, 1.165) is 12.8 Å². The van der Waals surface area contributed by atoms with E-state index in [-0.39, 0.29) is 16.6 Å². The second-order valence-electron chi connectivity index (χ2n) is 7.90. The number of hydrogen-bond donors (Lipinski definition) is 1. The molecule has 3 heteroatoms. The van der Waals surface area contributed by atoms with Gasteiger partial charge in [0.15, 0.2) is 8.32 Å². The summed E-state index contributed by atoms with van der Waals surface area (Å²) < 4.78 is 6.65. The van der Waals surface area contributed by atoms with Gasteiger partial charge in [-0.15, -0.1) is 0 Å². The molecule has 2 saturated carbocycles. The summed E-state index contributed by atoms with van der Waals surface area (Å²) in [5.41, 5.74) is 0.107. The van der Waals surface area contributed by atoms with Crippen LogP contribution in [0.5, 0.6) is 0 Å². The van der Waals surface area contributed by atoms with Gasteiger partial charge in [0.25, 0.3) is 0 Å². The molecule has 18 heavy (non-hydrogen) atoms. The fourth-order valence-electron chi connectivity index (χ4n) is 3.52. The van der Waals surface area contributed by atoms with Crippen LogP contribution in [0.4, 0.5) is 0 Å². The minimum Gasteiger partial charge on any atom is -0.413 e. The smallest absolute Gasteiger partial charge is 0.192 e. The SMILES string of the molecule is CC(C)(C)[Si](C)(C)O[C@@H]1CCC[C@@]12CCC[C@H]2O. The van der Waals surface area contributed by atoms with Crippen molar-refractivity contribution in [3.8, 4) is 0 Å². The third-order valence-corrected chi connectivity index (χ3v) is 10.3. The van der Waals surface area contributed by atoms with Crippen molar-refractivity contribution in [1.29, 1.82) is 0 Å². The van der Waals surface area contributed by atoms with E-state index in [1.807, 2.05) is 0 Å². The Kier molecular flexibility index (Phi) is 3.72. The van der Waals surface area contributed by atoms with Gasteiger partial charge in [-0.25, -0.2) is 0 Å². The molecule has 0 bridgehead atoms. The zero-order chi connectivity index (χ0) is 13.6. The molecule has 2 aliphatic carbocycles. The molecule has 106 valence electrons. The van der Waals surface area contributed by atoms with Gasteiger partial charge in [-0.1, -0.05) is 33.6 Å². The van der Waals surface area contributed by atoms with Crippen molar-refractivity contribution in [2.24, 2.45) is 5.41 Å².